The molecule has 1 fully saturated rings. The number of aromatic nitrogens is 1. The lowest BCUT2D eigenvalue weighted by Gasteiger charge is -2.25. The Labute approximate surface area is 173 Å². The molecule has 6 nitrogen and oxygen atoms in total. The van der Waals surface area contributed by atoms with Gasteiger partial charge in [0.1, 0.15) is 0 Å². The minimum absolute atomic E-state index is 0.191. The summed E-state index contributed by atoms with van der Waals surface area (Å²) in [5.41, 5.74) is 2.59. The average molecular weight is 410 g/mol. The molecule has 4 rings (SSSR count). The fraction of sp³-hybridized carbons (Fsp3) is 0.318. The lowest BCUT2D eigenvalue weighted by molar-refractivity contribution is 0.0526. The van der Waals surface area contributed by atoms with Crippen molar-refractivity contribution in [1.82, 2.24) is 4.98 Å². The smallest absolute Gasteiger partial charge is 0.338 e. The first kappa shape index (κ1) is 19.4. The molecule has 0 aliphatic carbocycles. The molecule has 0 atom stereocenters. The molecule has 0 spiro atoms. The van der Waals surface area contributed by atoms with Gasteiger partial charge in [0.25, 0.3) is 5.91 Å². The number of hydrogen-bond donors (Lipinski definition) is 1. The second kappa shape index (κ2) is 8.61. The maximum absolute atomic E-state index is 12.7. The molecule has 0 saturated carbocycles. The topological polar surface area (TPSA) is 71.5 Å². The molecule has 1 aliphatic rings. The van der Waals surface area contributed by atoms with E-state index < -0.39 is 0 Å². The molecule has 7 heteroatoms. The molecule has 1 amide bonds. The second-order valence-corrected chi connectivity index (χ2v) is 7.99. The van der Waals surface area contributed by atoms with E-state index in [1.807, 2.05) is 12.1 Å². The Kier molecular flexibility index (Phi) is 5.76. The standard InChI is InChI=1S/C22H23N3O3S/c1-2-28-21(27)15-6-9-17(10-7-15)23-20(26)16-8-11-18-19(14-16)29-22(24-18)25-12-4-3-5-13-25/h6-11,14H,2-5,12-13H2,1H3,(H,23,26). The molecule has 1 aliphatic heterocycles. The summed E-state index contributed by atoms with van der Waals surface area (Å²) in [7, 11) is 0. The van der Waals surface area contributed by atoms with E-state index >= 15 is 0 Å². The number of amides is 1. The van der Waals surface area contributed by atoms with Gasteiger partial charge in [0.15, 0.2) is 5.13 Å². The van der Waals surface area contributed by atoms with Gasteiger partial charge in [-0.1, -0.05) is 11.3 Å². The summed E-state index contributed by atoms with van der Waals surface area (Å²) in [4.78, 5) is 31.4. The highest BCUT2D eigenvalue weighted by atomic mass is 32.1. The van der Waals surface area contributed by atoms with Crippen LogP contribution in [0.5, 0.6) is 0 Å². The van der Waals surface area contributed by atoms with Gasteiger partial charge >= 0.3 is 5.97 Å². The Morgan fingerprint density at radius 2 is 1.79 bits per heavy atom. The fourth-order valence-electron chi connectivity index (χ4n) is 3.38. The molecule has 1 saturated heterocycles. The number of ether oxygens (including phenoxy) is 1. The molecule has 150 valence electrons. The van der Waals surface area contributed by atoms with Crippen LogP contribution in [-0.2, 0) is 4.74 Å². The number of carbonyl (C=O) groups excluding carboxylic acids is 2. The number of rotatable bonds is 5. The third-order valence-corrected chi connectivity index (χ3v) is 6.00. The predicted octanol–water partition coefficient (Wildman–Crippen LogP) is 4.72. The monoisotopic (exact) mass is 409 g/mol. The van der Waals surface area contributed by atoms with Gasteiger partial charge in [-0.25, -0.2) is 9.78 Å². The van der Waals surface area contributed by atoms with Crippen LogP contribution >= 0.6 is 11.3 Å². The number of thiazole rings is 1. The molecule has 0 bridgehead atoms. The number of anilines is 2. The summed E-state index contributed by atoms with van der Waals surface area (Å²) in [6.45, 7) is 4.20. The largest absolute Gasteiger partial charge is 0.462 e. The quantitative estimate of drug-likeness (QED) is 0.618. The van der Waals surface area contributed by atoms with E-state index in [0.717, 1.165) is 28.4 Å². The number of hydrogen-bond acceptors (Lipinski definition) is 6. The van der Waals surface area contributed by atoms with Crippen molar-refractivity contribution < 1.29 is 14.3 Å². The lowest BCUT2D eigenvalue weighted by Crippen LogP contribution is -2.29. The summed E-state index contributed by atoms with van der Waals surface area (Å²) in [6, 6.07) is 12.3. The van der Waals surface area contributed by atoms with Gasteiger partial charge in [-0.2, -0.15) is 0 Å². The van der Waals surface area contributed by atoms with E-state index in [1.165, 1.54) is 19.3 Å². The first-order chi connectivity index (χ1) is 14.1. The zero-order valence-corrected chi connectivity index (χ0v) is 17.1. The molecule has 1 N–H and O–H groups in total. The van der Waals surface area contributed by atoms with Crippen molar-refractivity contribution in [2.24, 2.45) is 0 Å². The highest BCUT2D eigenvalue weighted by Crippen LogP contribution is 2.31. The molecular formula is C22H23N3O3S. The van der Waals surface area contributed by atoms with Crippen molar-refractivity contribution in [3.05, 3.63) is 53.6 Å². The molecule has 0 unspecified atom stereocenters. The van der Waals surface area contributed by atoms with E-state index in [9.17, 15) is 9.59 Å². The van der Waals surface area contributed by atoms with Crippen LogP contribution in [0.15, 0.2) is 42.5 Å². The van der Waals surface area contributed by atoms with Crippen molar-refractivity contribution in [3.8, 4) is 0 Å². The number of carbonyl (C=O) groups is 2. The molecule has 29 heavy (non-hydrogen) atoms. The first-order valence-corrected chi connectivity index (χ1v) is 10.7. The van der Waals surface area contributed by atoms with Crippen LogP contribution in [-0.4, -0.2) is 36.6 Å². The SMILES string of the molecule is CCOC(=O)c1ccc(NC(=O)c2ccc3nc(N4CCCCC4)sc3c2)cc1. The Hall–Kier alpha value is -2.93. The second-order valence-electron chi connectivity index (χ2n) is 6.98. The number of piperidine rings is 1. The van der Waals surface area contributed by atoms with Crippen LogP contribution in [0.4, 0.5) is 10.8 Å². The Balaban J connectivity index is 1.47. The number of benzene rings is 2. The van der Waals surface area contributed by atoms with Crippen molar-refractivity contribution in [2.45, 2.75) is 26.2 Å². The maximum Gasteiger partial charge on any atom is 0.338 e. The Morgan fingerprint density at radius 3 is 2.52 bits per heavy atom. The molecule has 2 aromatic carbocycles. The molecule has 3 aromatic rings. The number of esters is 1. The molecule has 2 heterocycles. The molecule has 0 radical (unpaired) electrons. The Bertz CT molecular complexity index is 1020. The third kappa shape index (κ3) is 4.40. The van der Waals surface area contributed by atoms with Crippen LogP contribution in [0.3, 0.4) is 0 Å². The van der Waals surface area contributed by atoms with Crippen LogP contribution in [0.25, 0.3) is 10.2 Å². The highest BCUT2D eigenvalue weighted by Gasteiger charge is 2.16. The van der Waals surface area contributed by atoms with Gasteiger partial charge in [-0.3, -0.25) is 4.79 Å². The summed E-state index contributed by atoms with van der Waals surface area (Å²) in [6.07, 6.45) is 3.70. The van der Waals surface area contributed by atoms with Crippen LogP contribution in [0.1, 0.15) is 46.9 Å². The summed E-state index contributed by atoms with van der Waals surface area (Å²) in [5.74, 6) is -0.561. The summed E-state index contributed by atoms with van der Waals surface area (Å²) in [5, 5.41) is 3.91. The summed E-state index contributed by atoms with van der Waals surface area (Å²) < 4.78 is 5.98. The first-order valence-electron chi connectivity index (χ1n) is 9.88. The predicted molar refractivity (Wildman–Crippen MR) is 116 cm³/mol. The maximum atomic E-state index is 12.7. The van der Waals surface area contributed by atoms with Crippen LogP contribution in [0.2, 0.25) is 0 Å². The zero-order valence-electron chi connectivity index (χ0n) is 16.3. The van der Waals surface area contributed by atoms with Gasteiger partial charge < -0.3 is 15.0 Å². The zero-order chi connectivity index (χ0) is 20.2. The van der Waals surface area contributed by atoms with E-state index in [2.05, 4.69) is 10.2 Å². The van der Waals surface area contributed by atoms with Crippen molar-refractivity contribution >= 4 is 44.2 Å². The average Bonchev–Trinajstić information content (AvgIpc) is 3.18. The molecule has 1 aromatic heterocycles. The van der Waals surface area contributed by atoms with Gasteiger partial charge in [0, 0.05) is 24.3 Å². The van der Waals surface area contributed by atoms with E-state index in [0.29, 0.717) is 23.4 Å². The van der Waals surface area contributed by atoms with Crippen LogP contribution in [0, 0.1) is 0 Å². The van der Waals surface area contributed by atoms with E-state index in [1.54, 1.807) is 48.6 Å². The number of nitrogens with zero attached hydrogens (tertiary/aromatic N) is 2. The molecular weight excluding hydrogens is 386 g/mol. The fourth-order valence-corrected chi connectivity index (χ4v) is 4.44. The van der Waals surface area contributed by atoms with Crippen molar-refractivity contribution in [1.29, 1.82) is 0 Å². The minimum atomic E-state index is -0.370. The van der Waals surface area contributed by atoms with Crippen molar-refractivity contribution in [3.63, 3.8) is 0 Å². The number of fused-ring (bicyclic) bond motifs is 1. The van der Waals surface area contributed by atoms with Crippen LogP contribution < -0.4 is 10.2 Å². The normalized spacial score (nSPS) is 14.0. The van der Waals surface area contributed by atoms with Crippen molar-refractivity contribution in [2.75, 3.05) is 29.9 Å². The lowest BCUT2D eigenvalue weighted by atomic mass is 10.1. The summed E-state index contributed by atoms with van der Waals surface area (Å²) >= 11 is 1.63. The third-order valence-electron chi connectivity index (χ3n) is 4.92. The van der Waals surface area contributed by atoms with Gasteiger partial charge in [-0.05, 0) is 68.7 Å². The number of nitrogens with one attached hydrogen (secondary N) is 1. The van der Waals surface area contributed by atoms with Gasteiger partial charge in [0.2, 0.25) is 0 Å². The Morgan fingerprint density at radius 1 is 1.07 bits per heavy atom. The highest BCUT2D eigenvalue weighted by molar-refractivity contribution is 7.22. The van der Waals surface area contributed by atoms with E-state index in [4.69, 9.17) is 9.72 Å². The van der Waals surface area contributed by atoms with Gasteiger partial charge in [-0.15, -0.1) is 0 Å². The van der Waals surface area contributed by atoms with E-state index in [-0.39, 0.29) is 11.9 Å². The minimum Gasteiger partial charge on any atom is -0.462 e. The van der Waals surface area contributed by atoms with Gasteiger partial charge in [0.05, 0.1) is 22.4 Å².